The van der Waals surface area contributed by atoms with Crippen LogP contribution in [0.15, 0.2) is 91.5 Å². The molecule has 4 aromatic rings. The Morgan fingerprint density at radius 1 is 0.897 bits per heavy atom. The van der Waals surface area contributed by atoms with Crippen LogP contribution < -0.4 is 9.80 Å². The van der Waals surface area contributed by atoms with Gasteiger partial charge in [0.15, 0.2) is 12.0 Å². The smallest absolute Gasteiger partial charge is 0.192 e. The average Bonchev–Trinajstić information content (AvgIpc) is 3.24. The van der Waals surface area contributed by atoms with Gasteiger partial charge < -0.3 is 14.6 Å². The van der Waals surface area contributed by atoms with Crippen LogP contribution in [0.3, 0.4) is 0 Å². The fraction of sp³-hybridized carbons (Fsp3) is 0.120. The van der Waals surface area contributed by atoms with Gasteiger partial charge in [0.2, 0.25) is 0 Å². The number of aromatic nitrogens is 1. The molecule has 1 N–H and O–H groups in total. The molecule has 1 aliphatic rings. The number of rotatable bonds is 3. The minimum Gasteiger partial charge on any atom is -0.464 e. The second kappa shape index (κ2) is 6.45. The molecule has 0 saturated carbocycles. The summed E-state index contributed by atoms with van der Waals surface area (Å²) in [7, 11) is 4.06. The van der Waals surface area contributed by atoms with Gasteiger partial charge in [-0.05, 0) is 54.6 Å². The van der Waals surface area contributed by atoms with Crippen molar-refractivity contribution in [3.05, 3.63) is 97.0 Å². The van der Waals surface area contributed by atoms with Crippen molar-refractivity contribution in [2.45, 2.75) is 6.10 Å². The first kappa shape index (κ1) is 17.4. The minimum absolute atomic E-state index is 0.255. The lowest BCUT2D eigenvalue weighted by Crippen LogP contribution is -2.15. The van der Waals surface area contributed by atoms with E-state index in [0.717, 1.165) is 33.7 Å². The zero-order valence-electron chi connectivity index (χ0n) is 16.6. The predicted molar refractivity (Wildman–Crippen MR) is 121 cm³/mol. The predicted octanol–water partition coefficient (Wildman–Crippen LogP) is 5.95. The van der Waals surface area contributed by atoms with E-state index in [2.05, 4.69) is 83.7 Å². The summed E-state index contributed by atoms with van der Waals surface area (Å²) in [5.74, 6) is 0.594. The van der Waals surface area contributed by atoms with Crippen LogP contribution in [0.25, 0.3) is 21.8 Å². The highest BCUT2D eigenvalue weighted by molar-refractivity contribution is 6.07. The van der Waals surface area contributed by atoms with Gasteiger partial charge in [0, 0.05) is 47.3 Å². The third-order valence-corrected chi connectivity index (χ3v) is 5.55. The van der Waals surface area contributed by atoms with Crippen LogP contribution >= 0.6 is 0 Å². The fourth-order valence-electron chi connectivity index (χ4n) is 4.03. The van der Waals surface area contributed by atoms with Crippen LogP contribution in [-0.4, -0.2) is 19.1 Å². The number of ether oxygens (including phenoxy) is 1. The summed E-state index contributed by atoms with van der Waals surface area (Å²) >= 11 is 0. The quantitative estimate of drug-likeness (QED) is 0.476. The summed E-state index contributed by atoms with van der Waals surface area (Å²) in [5.41, 5.74) is 6.34. The molecule has 0 amide bonds. The van der Waals surface area contributed by atoms with Crippen LogP contribution in [0, 0.1) is 0 Å². The Labute approximate surface area is 170 Å². The molecule has 1 unspecified atom stereocenters. The number of aromatic amines is 1. The van der Waals surface area contributed by atoms with Crippen LogP contribution in [0.4, 0.5) is 11.4 Å². The summed E-state index contributed by atoms with van der Waals surface area (Å²) < 4.78 is 6.15. The monoisotopic (exact) mass is 381 g/mol. The number of hydrogen-bond acceptors (Lipinski definition) is 3. The lowest BCUT2D eigenvalue weighted by molar-refractivity contribution is 0.184. The second-order valence-electron chi connectivity index (χ2n) is 7.60. The van der Waals surface area contributed by atoms with Gasteiger partial charge in [-0.1, -0.05) is 30.8 Å². The van der Waals surface area contributed by atoms with Crippen molar-refractivity contribution in [3.63, 3.8) is 0 Å². The van der Waals surface area contributed by atoms with Gasteiger partial charge in [-0.15, -0.1) is 0 Å². The van der Waals surface area contributed by atoms with Crippen molar-refractivity contribution in [3.8, 4) is 0 Å². The molecular weight excluding hydrogens is 358 g/mol. The number of fused-ring (bicyclic) bond motifs is 3. The molecule has 3 aromatic carbocycles. The van der Waals surface area contributed by atoms with E-state index in [-0.39, 0.29) is 6.10 Å². The van der Waals surface area contributed by atoms with Gasteiger partial charge >= 0.3 is 0 Å². The molecule has 0 aliphatic carbocycles. The number of hydrogen-bond donors (Lipinski definition) is 1. The highest BCUT2D eigenvalue weighted by Gasteiger charge is 2.33. The molecular formula is C25H23N3O. The molecule has 144 valence electrons. The van der Waals surface area contributed by atoms with E-state index in [4.69, 9.17) is 4.74 Å². The van der Waals surface area contributed by atoms with Crippen molar-refractivity contribution in [1.29, 1.82) is 0 Å². The molecule has 5 rings (SSSR count). The van der Waals surface area contributed by atoms with E-state index in [0.29, 0.717) is 5.88 Å². The van der Waals surface area contributed by atoms with Gasteiger partial charge in [-0.25, -0.2) is 0 Å². The zero-order chi connectivity index (χ0) is 20.1. The molecule has 1 saturated heterocycles. The largest absolute Gasteiger partial charge is 0.464 e. The van der Waals surface area contributed by atoms with Gasteiger partial charge in [0.1, 0.15) is 0 Å². The lowest BCUT2D eigenvalue weighted by atomic mass is 10.0. The normalized spacial score (nSPS) is 16.6. The molecule has 1 atom stereocenters. The summed E-state index contributed by atoms with van der Waals surface area (Å²) in [6.45, 7) is 8.45. The molecule has 1 aliphatic heterocycles. The van der Waals surface area contributed by atoms with Gasteiger partial charge in [0.05, 0.1) is 5.70 Å². The van der Waals surface area contributed by atoms with Crippen LogP contribution in [0.1, 0.15) is 11.7 Å². The van der Waals surface area contributed by atoms with E-state index >= 15 is 0 Å². The number of H-pyrrole nitrogens is 1. The van der Waals surface area contributed by atoms with Gasteiger partial charge in [-0.3, -0.25) is 4.90 Å². The van der Waals surface area contributed by atoms with Crippen LogP contribution in [-0.2, 0) is 4.74 Å². The van der Waals surface area contributed by atoms with E-state index in [1.807, 2.05) is 25.1 Å². The maximum absolute atomic E-state index is 6.15. The Morgan fingerprint density at radius 3 is 2.38 bits per heavy atom. The third-order valence-electron chi connectivity index (χ3n) is 5.55. The summed E-state index contributed by atoms with van der Waals surface area (Å²) in [5, 5.41) is 2.40. The van der Waals surface area contributed by atoms with Gasteiger partial charge in [0.25, 0.3) is 0 Å². The highest BCUT2D eigenvalue weighted by Crippen LogP contribution is 2.42. The highest BCUT2D eigenvalue weighted by atomic mass is 16.5. The van der Waals surface area contributed by atoms with E-state index in [1.165, 1.54) is 10.8 Å². The average molecular weight is 381 g/mol. The van der Waals surface area contributed by atoms with Crippen LogP contribution in [0.5, 0.6) is 0 Å². The second-order valence-corrected chi connectivity index (χ2v) is 7.60. The van der Waals surface area contributed by atoms with Crippen molar-refractivity contribution in [2.24, 2.45) is 0 Å². The number of para-hydroxylation sites is 1. The number of benzene rings is 3. The number of nitrogens with zero attached hydrogens (tertiary/aromatic N) is 2. The molecule has 2 heterocycles. The third kappa shape index (κ3) is 2.76. The maximum atomic E-state index is 6.15. The topological polar surface area (TPSA) is 31.5 Å². The molecule has 4 nitrogen and oxygen atoms in total. The lowest BCUT2D eigenvalue weighted by Gasteiger charge is -2.20. The van der Waals surface area contributed by atoms with Crippen molar-refractivity contribution < 1.29 is 4.74 Å². The summed E-state index contributed by atoms with van der Waals surface area (Å²) in [6.07, 6.45) is -0.255. The molecule has 0 radical (unpaired) electrons. The first-order valence-corrected chi connectivity index (χ1v) is 9.65. The van der Waals surface area contributed by atoms with Crippen molar-refractivity contribution in [1.82, 2.24) is 4.98 Å². The molecule has 0 spiro atoms. The first-order chi connectivity index (χ1) is 14.0. The molecule has 1 aromatic heterocycles. The fourth-order valence-corrected chi connectivity index (χ4v) is 4.03. The Balaban J connectivity index is 1.51. The van der Waals surface area contributed by atoms with Crippen LogP contribution in [0.2, 0.25) is 0 Å². The summed E-state index contributed by atoms with van der Waals surface area (Å²) in [6, 6.07) is 23.1. The van der Waals surface area contributed by atoms with E-state index in [9.17, 15) is 0 Å². The Bertz CT molecular complexity index is 1250. The number of anilines is 2. The zero-order valence-corrected chi connectivity index (χ0v) is 16.6. The Hall–Kier alpha value is -3.66. The molecule has 1 fully saturated rings. The SMILES string of the molecule is C=C1OC(c2ccc3[nH]c4ccccc4c3c2)C(=C)N1c1ccc(N(C)C)cc1. The van der Waals surface area contributed by atoms with Gasteiger partial charge in [-0.2, -0.15) is 0 Å². The number of nitrogens with one attached hydrogen (secondary N) is 1. The first-order valence-electron chi connectivity index (χ1n) is 9.65. The standard InChI is InChI=1S/C25H23N3O/c1-16-25(29-17(2)28(16)20-12-10-19(11-13-20)27(3)4)18-9-14-24-22(15-18)21-7-5-6-8-23(21)26-24/h5-15,25-26H,1-2H2,3-4H3. The van der Waals surface area contributed by atoms with E-state index < -0.39 is 0 Å². The van der Waals surface area contributed by atoms with Crippen molar-refractivity contribution >= 4 is 33.2 Å². The van der Waals surface area contributed by atoms with Crippen molar-refractivity contribution in [2.75, 3.05) is 23.9 Å². The minimum atomic E-state index is -0.255. The maximum Gasteiger partial charge on any atom is 0.192 e. The molecule has 4 heteroatoms. The molecule has 0 bridgehead atoms. The molecule has 29 heavy (non-hydrogen) atoms. The Kier molecular flexibility index (Phi) is 3.88. The van der Waals surface area contributed by atoms with E-state index in [1.54, 1.807) is 0 Å². The summed E-state index contributed by atoms with van der Waals surface area (Å²) in [4.78, 5) is 7.54. The Morgan fingerprint density at radius 2 is 1.62 bits per heavy atom.